The number of anilines is 1. The van der Waals surface area contributed by atoms with Crippen LogP contribution in [-0.4, -0.2) is 30.3 Å². The first-order chi connectivity index (χ1) is 10.1. The van der Waals surface area contributed by atoms with Crippen LogP contribution in [0.15, 0.2) is 24.4 Å². The Labute approximate surface area is 124 Å². The summed E-state index contributed by atoms with van der Waals surface area (Å²) in [5.41, 5.74) is 5.57. The van der Waals surface area contributed by atoms with Crippen molar-refractivity contribution in [1.29, 1.82) is 0 Å². The fourth-order valence-corrected chi connectivity index (χ4v) is 2.55. The van der Waals surface area contributed by atoms with Gasteiger partial charge in [0.05, 0.1) is 0 Å². The van der Waals surface area contributed by atoms with Gasteiger partial charge in [-0.1, -0.05) is 0 Å². The minimum atomic E-state index is -0.108. The van der Waals surface area contributed by atoms with Crippen molar-refractivity contribution in [3.05, 3.63) is 24.4 Å². The second-order valence-corrected chi connectivity index (χ2v) is 5.92. The zero-order valence-corrected chi connectivity index (χ0v) is 12.5. The quantitative estimate of drug-likeness (QED) is 0.904. The molecule has 0 fully saturated rings. The van der Waals surface area contributed by atoms with Gasteiger partial charge in [0.15, 0.2) is 11.5 Å². The predicted molar refractivity (Wildman–Crippen MR) is 84.1 cm³/mol. The van der Waals surface area contributed by atoms with E-state index in [0.717, 1.165) is 34.5 Å². The Morgan fingerprint density at radius 2 is 1.95 bits per heavy atom. The van der Waals surface area contributed by atoms with Gasteiger partial charge < -0.3 is 20.5 Å². The van der Waals surface area contributed by atoms with Gasteiger partial charge in [-0.3, -0.25) is 0 Å². The smallest absolute Gasteiger partial charge is 0.162 e. The highest BCUT2D eigenvalue weighted by Crippen LogP contribution is 2.37. The summed E-state index contributed by atoms with van der Waals surface area (Å²) in [4.78, 5) is 4.47. The molecule has 0 unspecified atom stereocenters. The number of benzene rings is 1. The normalized spacial score (nSPS) is 14.2. The fourth-order valence-electron chi connectivity index (χ4n) is 2.55. The SMILES string of the molecule is CC(C)(CCN)Nc1nccc2cc3c(cc12)OCCO3. The van der Waals surface area contributed by atoms with Crippen LogP contribution in [0.1, 0.15) is 20.3 Å². The van der Waals surface area contributed by atoms with Gasteiger partial charge in [-0.05, 0) is 50.4 Å². The van der Waals surface area contributed by atoms with E-state index >= 15 is 0 Å². The van der Waals surface area contributed by atoms with Crippen molar-refractivity contribution in [2.45, 2.75) is 25.8 Å². The second kappa shape index (κ2) is 5.41. The maximum Gasteiger partial charge on any atom is 0.162 e. The third kappa shape index (κ3) is 2.88. The summed E-state index contributed by atoms with van der Waals surface area (Å²) in [6.07, 6.45) is 2.68. The topological polar surface area (TPSA) is 69.4 Å². The van der Waals surface area contributed by atoms with Gasteiger partial charge in [0.1, 0.15) is 19.0 Å². The summed E-state index contributed by atoms with van der Waals surface area (Å²) in [5.74, 6) is 2.43. The van der Waals surface area contributed by atoms with Crippen LogP contribution in [0, 0.1) is 0 Å². The maximum absolute atomic E-state index is 5.68. The van der Waals surface area contributed by atoms with Gasteiger partial charge in [-0.15, -0.1) is 0 Å². The first kappa shape index (κ1) is 13.9. The van der Waals surface area contributed by atoms with Gasteiger partial charge in [0, 0.05) is 17.1 Å². The van der Waals surface area contributed by atoms with E-state index in [-0.39, 0.29) is 5.54 Å². The van der Waals surface area contributed by atoms with Crippen molar-refractivity contribution < 1.29 is 9.47 Å². The monoisotopic (exact) mass is 287 g/mol. The molecule has 2 heterocycles. The molecule has 1 aromatic carbocycles. The Morgan fingerprint density at radius 1 is 1.24 bits per heavy atom. The number of aromatic nitrogens is 1. The number of rotatable bonds is 4. The van der Waals surface area contributed by atoms with Crippen molar-refractivity contribution in [1.82, 2.24) is 4.98 Å². The molecule has 0 aliphatic carbocycles. The molecule has 0 spiro atoms. The van der Waals surface area contributed by atoms with Gasteiger partial charge in [-0.25, -0.2) is 4.98 Å². The summed E-state index contributed by atoms with van der Waals surface area (Å²) in [6.45, 7) is 6.06. The van der Waals surface area contributed by atoms with Gasteiger partial charge in [0.2, 0.25) is 0 Å². The minimum Gasteiger partial charge on any atom is -0.486 e. The number of hydrogen-bond donors (Lipinski definition) is 2. The van der Waals surface area contributed by atoms with E-state index in [1.807, 2.05) is 18.2 Å². The number of nitrogens with zero attached hydrogens (tertiary/aromatic N) is 1. The highest BCUT2D eigenvalue weighted by Gasteiger charge is 2.20. The number of hydrogen-bond acceptors (Lipinski definition) is 5. The van der Waals surface area contributed by atoms with Crippen LogP contribution in [0.5, 0.6) is 11.5 Å². The van der Waals surface area contributed by atoms with Gasteiger partial charge >= 0.3 is 0 Å². The number of pyridine rings is 1. The fraction of sp³-hybridized carbons (Fsp3) is 0.438. The Bertz CT molecular complexity index is 655. The van der Waals surface area contributed by atoms with Crippen LogP contribution in [-0.2, 0) is 0 Å². The Hall–Kier alpha value is -2.01. The molecule has 1 aliphatic heterocycles. The predicted octanol–water partition coefficient (Wildman–Crippen LogP) is 2.55. The Kier molecular flexibility index (Phi) is 3.59. The van der Waals surface area contributed by atoms with E-state index in [9.17, 15) is 0 Å². The average molecular weight is 287 g/mol. The van der Waals surface area contributed by atoms with Crippen molar-refractivity contribution >= 4 is 16.6 Å². The zero-order valence-electron chi connectivity index (χ0n) is 12.5. The molecule has 3 N–H and O–H groups in total. The van der Waals surface area contributed by atoms with Crippen LogP contribution >= 0.6 is 0 Å². The molecule has 0 amide bonds. The van der Waals surface area contributed by atoms with Crippen LogP contribution in [0.2, 0.25) is 0 Å². The molecule has 5 heteroatoms. The molecule has 0 atom stereocenters. The van der Waals surface area contributed by atoms with E-state index in [1.165, 1.54) is 0 Å². The van der Waals surface area contributed by atoms with Crippen LogP contribution in [0.25, 0.3) is 10.8 Å². The summed E-state index contributed by atoms with van der Waals surface area (Å²) in [7, 11) is 0. The molecule has 0 radical (unpaired) electrons. The molecule has 3 rings (SSSR count). The lowest BCUT2D eigenvalue weighted by atomic mass is 10.00. The van der Waals surface area contributed by atoms with E-state index < -0.39 is 0 Å². The lowest BCUT2D eigenvalue weighted by Gasteiger charge is -2.27. The molecule has 21 heavy (non-hydrogen) atoms. The molecule has 0 saturated heterocycles. The minimum absolute atomic E-state index is 0.108. The maximum atomic E-state index is 5.68. The molecular formula is C16H21N3O2. The van der Waals surface area contributed by atoms with Crippen LogP contribution < -0.4 is 20.5 Å². The number of fused-ring (bicyclic) bond motifs is 2. The van der Waals surface area contributed by atoms with Crippen LogP contribution in [0.3, 0.4) is 0 Å². The molecular weight excluding hydrogens is 266 g/mol. The summed E-state index contributed by atoms with van der Waals surface area (Å²) in [5, 5.41) is 5.60. The third-order valence-corrected chi connectivity index (χ3v) is 3.65. The van der Waals surface area contributed by atoms with Crippen molar-refractivity contribution in [3.63, 3.8) is 0 Å². The first-order valence-corrected chi connectivity index (χ1v) is 7.26. The average Bonchev–Trinajstić information content (AvgIpc) is 2.45. The third-order valence-electron chi connectivity index (χ3n) is 3.65. The van der Waals surface area contributed by atoms with Crippen LogP contribution in [0.4, 0.5) is 5.82 Å². The molecule has 1 aromatic heterocycles. The summed E-state index contributed by atoms with van der Waals surface area (Å²) in [6, 6.07) is 5.99. The largest absolute Gasteiger partial charge is 0.486 e. The lowest BCUT2D eigenvalue weighted by molar-refractivity contribution is 0.172. The van der Waals surface area contributed by atoms with Crippen molar-refractivity contribution in [3.8, 4) is 11.5 Å². The molecule has 0 bridgehead atoms. The highest BCUT2D eigenvalue weighted by molar-refractivity contribution is 5.94. The number of ether oxygens (including phenoxy) is 2. The molecule has 1 aliphatic rings. The zero-order chi connectivity index (χ0) is 14.9. The molecule has 2 aromatic rings. The lowest BCUT2D eigenvalue weighted by Crippen LogP contribution is -2.33. The van der Waals surface area contributed by atoms with Crippen molar-refractivity contribution in [2.24, 2.45) is 5.73 Å². The van der Waals surface area contributed by atoms with E-state index in [2.05, 4.69) is 24.1 Å². The van der Waals surface area contributed by atoms with E-state index in [4.69, 9.17) is 15.2 Å². The highest BCUT2D eigenvalue weighted by atomic mass is 16.6. The molecule has 5 nitrogen and oxygen atoms in total. The number of nitrogens with one attached hydrogen (secondary N) is 1. The summed E-state index contributed by atoms with van der Waals surface area (Å²) >= 11 is 0. The van der Waals surface area contributed by atoms with Crippen molar-refractivity contribution in [2.75, 3.05) is 25.1 Å². The Balaban J connectivity index is 2.03. The number of nitrogens with two attached hydrogens (primary N) is 1. The molecule has 112 valence electrons. The second-order valence-electron chi connectivity index (χ2n) is 5.92. The van der Waals surface area contributed by atoms with E-state index in [0.29, 0.717) is 19.8 Å². The first-order valence-electron chi connectivity index (χ1n) is 7.26. The van der Waals surface area contributed by atoms with E-state index in [1.54, 1.807) is 6.20 Å². The summed E-state index contributed by atoms with van der Waals surface area (Å²) < 4.78 is 11.3. The van der Waals surface area contributed by atoms with Gasteiger partial charge in [0.25, 0.3) is 0 Å². The standard InChI is InChI=1S/C16H21N3O2/c1-16(2,4-5-17)19-15-12-10-14-13(20-7-8-21-14)9-11(12)3-6-18-15/h3,6,9-10H,4-5,7-8,17H2,1-2H3,(H,18,19). The Morgan fingerprint density at radius 3 is 2.67 bits per heavy atom. The van der Waals surface area contributed by atoms with Gasteiger partial charge in [-0.2, -0.15) is 0 Å². The molecule has 0 saturated carbocycles.